The van der Waals surface area contributed by atoms with Gasteiger partial charge in [-0.25, -0.2) is 4.98 Å². The molecular weight excluding hydrogens is 240 g/mol. The summed E-state index contributed by atoms with van der Waals surface area (Å²) in [6.45, 7) is 6.30. The molecule has 96 valence electrons. The zero-order chi connectivity index (χ0) is 13.2. The SMILES string of the molecule is CCc1ccc(-c2csc(C(C)(N)CC)n2)cc1. The van der Waals surface area contributed by atoms with Gasteiger partial charge in [-0.15, -0.1) is 11.3 Å². The van der Waals surface area contributed by atoms with E-state index in [9.17, 15) is 0 Å². The van der Waals surface area contributed by atoms with E-state index in [1.54, 1.807) is 11.3 Å². The summed E-state index contributed by atoms with van der Waals surface area (Å²) in [5.41, 5.74) is 9.46. The maximum absolute atomic E-state index is 6.22. The molecule has 0 spiro atoms. The average Bonchev–Trinajstić information content (AvgIpc) is 2.89. The fourth-order valence-corrected chi connectivity index (χ4v) is 2.71. The third kappa shape index (κ3) is 2.62. The highest BCUT2D eigenvalue weighted by Crippen LogP contribution is 2.29. The van der Waals surface area contributed by atoms with Crippen molar-refractivity contribution < 1.29 is 0 Å². The second-order valence-electron chi connectivity index (χ2n) is 4.86. The summed E-state index contributed by atoms with van der Waals surface area (Å²) in [5.74, 6) is 0. The molecule has 1 heterocycles. The van der Waals surface area contributed by atoms with Gasteiger partial charge in [-0.05, 0) is 25.3 Å². The van der Waals surface area contributed by atoms with Gasteiger partial charge in [0, 0.05) is 10.9 Å². The van der Waals surface area contributed by atoms with E-state index in [2.05, 4.69) is 48.5 Å². The van der Waals surface area contributed by atoms with Crippen molar-refractivity contribution in [1.29, 1.82) is 0 Å². The zero-order valence-electron chi connectivity index (χ0n) is 11.2. The lowest BCUT2D eigenvalue weighted by Gasteiger charge is -2.18. The summed E-state index contributed by atoms with van der Waals surface area (Å²) in [5, 5.41) is 3.11. The molecule has 0 aliphatic carbocycles. The fourth-order valence-electron chi connectivity index (χ4n) is 1.73. The van der Waals surface area contributed by atoms with E-state index in [1.807, 2.05) is 6.92 Å². The molecule has 0 fully saturated rings. The van der Waals surface area contributed by atoms with Crippen LogP contribution in [-0.2, 0) is 12.0 Å². The minimum Gasteiger partial charge on any atom is -0.320 e. The molecular formula is C15H20N2S. The smallest absolute Gasteiger partial charge is 0.113 e. The second kappa shape index (κ2) is 5.21. The summed E-state index contributed by atoms with van der Waals surface area (Å²) >= 11 is 1.65. The van der Waals surface area contributed by atoms with Crippen molar-refractivity contribution in [2.45, 2.75) is 39.2 Å². The quantitative estimate of drug-likeness (QED) is 0.903. The van der Waals surface area contributed by atoms with Crippen LogP contribution >= 0.6 is 11.3 Å². The van der Waals surface area contributed by atoms with Crippen molar-refractivity contribution in [3.8, 4) is 11.3 Å². The molecule has 2 N–H and O–H groups in total. The second-order valence-corrected chi connectivity index (χ2v) is 5.72. The Morgan fingerprint density at radius 1 is 1.22 bits per heavy atom. The number of nitrogens with zero attached hydrogens (tertiary/aromatic N) is 1. The summed E-state index contributed by atoms with van der Waals surface area (Å²) in [6.07, 6.45) is 1.97. The number of nitrogens with two attached hydrogens (primary N) is 1. The summed E-state index contributed by atoms with van der Waals surface area (Å²) in [7, 11) is 0. The van der Waals surface area contributed by atoms with Crippen LogP contribution in [0.5, 0.6) is 0 Å². The molecule has 0 bridgehead atoms. The molecule has 2 nitrogen and oxygen atoms in total. The molecule has 1 aromatic heterocycles. The Hall–Kier alpha value is -1.19. The topological polar surface area (TPSA) is 38.9 Å². The summed E-state index contributed by atoms with van der Waals surface area (Å²) in [4.78, 5) is 4.67. The largest absolute Gasteiger partial charge is 0.320 e. The third-order valence-electron chi connectivity index (χ3n) is 3.39. The van der Waals surface area contributed by atoms with Crippen LogP contribution in [0.2, 0.25) is 0 Å². The predicted molar refractivity (Wildman–Crippen MR) is 78.8 cm³/mol. The van der Waals surface area contributed by atoms with Crippen molar-refractivity contribution in [3.63, 3.8) is 0 Å². The Balaban J connectivity index is 2.29. The van der Waals surface area contributed by atoms with Crippen LogP contribution in [0.4, 0.5) is 0 Å². The molecule has 1 atom stereocenters. The molecule has 0 radical (unpaired) electrons. The molecule has 3 heteroatoms. The standard InChI is InChI=1S/C15H20N2S/c1-4-11-6-8-12(9-7-11)13-10-18-14(17-13)15(3,16)5-2/h6-10H,4-5,16H2,1-3H3. The van der Waals surface area contributed by atoms with Crippen molar-refractivity contribution in [2.75, 3.05) is 0 Å². The van der Waals surface area contributed by atoms with Gasteiger partial charge in [-0.1, -0.05) is 38.1 Å². The van der Waals surface area contributed by atoms with E-state index in [0.29, 0.717) is 0 Å². The summed E-state index contributed by atoms with van der Waals surface area (Å²) in [6, 6.07) is 8.60. The van der Waals surface area contributed by atoms with Crippen molar-refractivity contribution >= 4 is 11.3 Å². The van der Waals surface area contributed by atoms with Gasteiger partial charge in [0.2, 0.25) is 0 Å². The fraction of sp³-hybridized carbons (Fsp3) is 0.400. The average molecular weight is 260 g/mol. The first-order valence-corrected chi connectivity index (χ1v) is 7.29. The molecule has 0 saturated carbocycles. The monoisotopic (exact) mass is 260 g/mol. The Morgan fingerprint density at radius 3 is 2.44 bits per heavy atom. The number of thiazole rings is 1. The minimum absolute atomic E-state index is 0.313. The first kappa shape index (κ1) is 13.2. The summed E-state index contributed by atoms with van der Waals surface area (Å²) < 4.78 is 0. The van der Waals surface area contributed by atoms with Gasteiger partial charge in [0.15, 0.2) is 0 Å². The normalized spacial score (nSPS) is 14.4. The Bertz CT molecular complexity index is 512. The van der Waals surface area contributed by atoms with Gasteiger partial charge < -0.3 is 5.73 Å². The predicted octanol–water partition coefficient (Wildman–Crippen LogP) is 3.96. The number of hydrogen-bond acceptors (Lipinski definition) is 3. The number of rotatable bonds is 4. The Morgan fingerprint density at radius 2 is 1.89 bits per heavy atom. The molecule has 0 aliphatic heterocycles. The molecule has 1 aromatic carbocycles. The first-order valence-electron chi connectivity index (χ1n) is 6.41. The van der Waals surface area contributed by atoms with E-state index in [0.717, 1.165) is 23.5 Å². The molecule has 0 aliphatic rings. The third-order valence-corrected chi connectivity index (χ3v) is 4.51. The molecule has 2 aromatic rings. The zero-order valence-corrected chi connectivity index (χ0v) is 12.1. The first-order chi connectivity index (χ1) is 8.56. The lowest BCUT2D eigenvalue weighted by molar-refractivity contribution is 0.474. The van der Waals surface area contributed by atoms with Crippen LogP contribution in [-0.4, -0.2) is 4.98 Å². The Labute approximate surface area is 113 Å². The number of hydrogen-bond donors (Lipinski definition) is 1. The van der Waals surface area contributed by atoms with Gasteiger partial charge in [-0.2, -0.15) is 0 Å². The van der Waals surface area contributed by atoms with E-state index in [4.69, 9.17) is 5.73 Å². The van der Waals surface area contributed by atoms with E-state index < -0.39 is 0 Å². The lowest BCUT2D eigenvalue weighted by atomic mass is 10.0. The lowest BCUT2D eigenvalue weighted by Crippen LogP contribution is -2.31. The highest BCUT2D eigenvalue weighted by molar-refractivity contribution is 7.10. The van der Waals surface area contributed by atoms with Gasteiger partial charge in [0.1, 0.15) is 5.01 Å². The van der Waals surface area contributed by atoms with E-state index >= 15 is 0 Å². The van der Waals surface area contributed by atoms with Crippen LogP contribution in [0, 0.1) is 0 Å². The van der Waals surface area contributed by atoms with Gasteiger partial charge in [0.05, 0.1) is 11.2 Å². The van der Waals surface area contributed by atoms with Crippen molar-refractivity contribution in [1.82, 2.24) is 4.98 Å². The van der Waals surface area contributed by atoms with Gasteiger partial charge >= 0.3 is 0 Å². The number of aromatic nitrogens is 1. The maximum Gasteiger partial charge on any atom is 0.113 e. The van der Waals surface area contributed by atoms with E-state index in [1.165, 1.54) is 11.1 Å². The van der Waals surface area contributed by atoms with Crippen molar-refractivity contribution in [2.24, 2.45) is 5.73 Å². The van der Waals surface area contributed by atoms with Crippen LogP contribution in [0.1, 0.15) is 37.8 Å². The van der Waals surface area contributed by atoms with E-state index in [-0.39, 0.29) is 5.54 Å². The highest BCUT2D eigenvalue weighted by Gasteiger charge is 2.22. The van der Waals surface area contributed by atoms with Crippen LogP contribution < -0.4 is 5.73 Å². The Kier molecular flexibility index (Phi) is 3.83. The van der Waals surface area contributed by atoms with Crippen LogP contribution in [0.25, 0.3) is 11.3 Å². The molecule has 0 saturated heterocycles. The van der Waals surface area contributed by atoms with Crippen molar-refractivity contribution in [3.05, 3.63) is 40.2 Å². The molecule has 2 rings (SSSR count). The van der Waals surface area contributed by atoms with Gasteiger partial charge in [0.25, 0.3) is 0 Å². The molecule has 1 unspecified atom stereocenters. The maximum atomic E-state index is 6.22. The molecule has 0 amide bonds. The number of benzene rings is 1. The molecule has 18 heavy (non-hydrogen) atoms. The number of aryl methyl sites for hydroxylation is 1. The van der Waals surface area contributed by atoms with Gasteiger partial charge in [-0.3, -0.25) is 0 Å². The van der Waals surface area contributed by atoms with Crippen LogP contribution in [0.15, 0.2) is 29.6 Å². The minimum atomic E-state index is -0.313. The van der Waals surface area contributed by atoms with Crippen LogP contribution in [0.3, 0.4) is 0 Å². The highest BCUT2D eigenvalue weighted by atomic mass is 32.1.